The van der Waals surface area contributed by atoms with Crippen LogP contribution in [0.4, 0.5) is 4.39 Å². The van der Waals surface area contributed by atoms with Crippen LogP contribution in [-0.2, 0) is 4.79 Å². The smallest absolute Gasteiger partial charge is 0.276 e. The van der Waals surface area contributed by atoms with E-state index in [0.29, 0.717) is 21.9 Å². The van der Waals surface area contributed by atoms with Crippen molar-refractivity contribution in [3.8, 4) is 5.69 Å². The number of carbonyl (C=O) groups is 1. The van der Waals surface area contributed by atoms with E-state index in [1.54, 1.807) is 23.6 Å². The second-order valence-corrected chi connectivity index (χ2v) is 7.12. The zero-order valence-corrected chi connectivity index (χ0v) is 15.1. The number of para-hydroxylation sites is 1. The van der Waals surface area contributed by atoms with Crippen LogP contribution < -0.4 is 10.9 Å². The van der Waals surface area contributed by atoms with E-state index in [9.17, 15) is 14.0 Å². The number of aromatic nitrogens is 2. The minimum Gasteiger partial charge on any atom is -0.355 e. The molecule has 0 bridgehead atoms. The Labute approximate surface area is 151 Å². The Bertz CT molecular complexity index is 968. The van der Waals surface area contributed by atoms with E-state index < -0.39 is 5.82 Å². The third kappa shape index (κ3) is 3.74. The summed E-state index contributed by atoms with van der Waals surface area (Å²) in [6, 6.07) is 7.79. The summed E-state index contributed by atoms with van der Waals surface area (Å²) in [7, 11) is 0. The summed E-state index contributed by atoms with van der Waals surface area (Å²) in [5.74, 6) is -0.553. The zero-order chi connectivity index (χ0) is 17.8. The van der Waals surface area contributed by atoms with Crippen LogP contribution in [0.3, 0.4) is 0 Å². The van der Waals surface area contributed by atoms with E-state index in [-0.39, 0.29) is 22.9 Å². The van der Waals surface area contributed by atoms with Gasteiger partial charge in [0.1, 0.15) is 10.5 Å². The number of hydrogen-bond donors (Lipinski definition) is 1. The molecule has 1 amide bonds. The van der Waals surface area contributed by atoms with Gasteiger partial charge in [0.25, 0.3) is 5.56 Å². The van der Waals surface area contributed by atoms with Crippen molar-refractivity contribution in [1.82, 2.24) is 14.9 Å². The maximum atomic E-state index is 14.3. The van der Waals surface area contributed by atoms with Crippen LogP contribution in [0.1, 0.15) is 13.3 Å². The molecule has 3 aromatic rings. The van der Waals surface area contributed by atoms with Crippen molar-refractivity contribution in [2.45, 2.75) is 18.5 Å². The van der Waals surface area contributed by atoms with E-state index in [1.165, 1.54) is 28.0 Å². The van der Waals surface area contributed by atoms with Crippen LogP contribution in [0.2, 0.25) is 0 Å². The molecule has 0 aliphatic carbocycles. The molecule has 5 nitrogen and oxygen atoms in total. The van der Waals surface area contributed by atoms with E-state index in [0.717, 1.165) is 18.2 Å². The molecular formula is C17H16FN3O2S2. The Hall–Kier alpha value is -2.19. The van der Waals surface area contributed by atoms with Crippen molar-refractivity contribution < 1.29 is 9.18 Å². The van der Waals surface area contributed by atoms with Gasteiger partial charge in [0.05, 0.1) is 17.0 Å². The Morgan fingerprint density at radius 1 is 1.36 bits per heavy atom. The first-order valence-electron chi connectivity index (χ1n) is 7.76. The fourth-order valence-corrected chi connectivity index (χ4v) is 3.87. The predicted octanol–water partition coefficient (Wildman–Crippen LogP) is 3.20. The summed E-state index contributed by atoms with van der Waals surface area (Å²) >= 11 is 2.39. The first-order chi connectivity index (χ1) is 12.1. The van der Waals surface area contributed by atoms with Crippen molar-refractivity contribution >= 4 is 39.2 Å². The van der Waals surface area contributed by atoms with Crippen molar-refractivity contribution in [1.29, 1.82) is 0 Å². The van der Waals surface area contributed by atoms with Crippen LogP contribution in [0.15, 0.2) is 45.7 Å². The number of benzene rings is 1. The highest BCUT2D eigenvalue weighted by Crippen LogP contribution is 2.24. The highest BCUT2D eigenvalue weighted by Gasteiger charge is 2.17. The van der Waals surface area contributed by atoms with Crippen molar-refractivity contribution in [3.05, 3.63) is 51.9 Å². The molecule has 0 aliphatic rings. The van der Waals surface area contributed by atoms with Crippen molar-refractivity contribution in [2.75, 3.05) is 12.3 Å². The lowest BCUT2D eigenvalue weighted by molar-refractivity contribution is -0.118. The Kier molecular flexibility index (Phi) is 5.50. The summed E-state index contributed by atoms with van der Waals surface area (Å²) in [5, 5.41) is 4.84. The SMILES string of the molecule is CCCNC(=O)CSc1nc2ccsc2c(=O)n1-c1ccccc1F. The van der Waals surface area contributed by atoms with Crippen LogP contribution in [0, 0.1) is 5.82 Å². The van der Waals surface area contributed by atoms with Gasteiger partial charge >= 0.3 is 0 Å². The van der Waals surface area contributed by atoms with Gasteiger partial charge in [-0.15, -0.1) is 11.3 Å². The number of fused-ring (bicyclic) bond motifs is 1. The van der Waals surface area contributed by atoms with E-state index in [2.05, 4.69) is 10.3 Å². The first kappa shape index (κ1) is 17.6. The molecule has 25 heavy (non-hydrogen) atoms. The second kappa shape index (κ2) is 7.79. The molecule has 0 atom stereocenters. The Balaban J connectivity index is 2.04. The number of thiophene rings is 1. The van der Waals surface area contributed by atoms with Crippen molar-refractivity contribution in [2.24, 2.45) is 0 Å². The summed E-state index contributed by atoms with van der Waals surface area (Å²) in [4.78, 5) is 29.2. The average Bonchev–Trinajstić information content (AvgIpc) is 3.08. The fraction of sp³-hybridized carbons (Fsp3) is 0.235. The van der Waals surface area contributed by atoms with Gasteiger partial charge in [-0.25, -0.2) is 9.37 Å². The Morgan fingerprint density at radius 3 is 2.92 bits per heavy atom. The number of amides is 1. The van der Waals surface area contributed by atoms with Gasteiger partial charge in [0, 0.05) is 6.54 Å². The Morgan fingerprint density at radius 2 is 2.16 bits per heavy atom. The van der Waals surface area contributed by atoms with Crippen LogP contribution in [0.25, 0.3) is 15.9 Å². The van der Waals surface area contributed by atoms with Gasteiger partial charge in [0.15, 0.2) is 5.16 Å². The summed E-state index contributed by atoms with van der Waals surface area (Å²) in [6.07, 6.45) is 0.843. The van der Waals surface area contributed by atoms with Gasteiger partial charge in [0.2, 0.25) is 5.91 Å². The number of rotatable bonds is 6. The molecule has 0 fully saturated rings. The maximum Gasteiger partial charge on any atom is 0.276 e. The van der Waals surface area contributed by atoms with Gasteiger partial charge in [-0.05, 0) is 30.0 Å². The lowest BCUT2D eigenvalue weighted by Crippen LogP contribution is -2.27. The van der Waals surface area contributed by atoms with Crippen LogP contribution in [-0.4, -0.2) is 27.8 Å². The van der Waals surface area contributed by atoms with Gasteiger partial charge in [-0.3, -0.25) is 14.2 Å². The van der Waals surface area contributed by atoms with Crippen LogP contribution in [0.5, 0.6) is 0 Å². The lowest BCUT2D eigenvalue weighted by Gasteiger charge is -2.12. The molecule has 1 aromatic carbocycles. The normalized spacial score (nSPS) is 11.0. The molecule has 8 heteroatoms. The highest BCUT2D eigenvalue weighted by molar-refractivity contribution is 7.99. The third-order valence-corrected chi connectivity index (χ3v) is 5.28. The predicted molar refractivity (Wildman–Crippen MR) is 99.2 cm³/mol. The minimum absolute atomic E-state index is 0.108. The highest BCUT2D eigenvalue weighted by atomic mass is 32.2. The number of nitrogens with zero attached hydrogens (tertiary/aromatic N) is 2. The van der Waals surface area contributed by atoms with E-state index >= 15 is 0 Å². The second-order valence-electron chi connectivity index (χ2n) is 5.26. The zero-order valence-electron chi connectivity index (χ0n) is 13.5. The molecule has 0 unspecified atom stereocenters. The molecule has 3 rings (SSSR count). The number of thioether (sulfide) groups is 1. The molecule has 0 aliphatic heterocycles. The van der Waals surface area contributed by atoms with Crippen LogP contribution >= 0.6 is 23.1 Å². The standard InChI is InChI=1S/C17H16FN3O2S2/c1-2-8-19-14(22)10-25-17-20-12-7-9-24-15(12)16(23)21(17)13-6-4-3-5-11(13)18/h3-7,9H,2,8,10H2,1H3,(H,19,22). The quantitative estimate of drug-likeness (QED) is 0.529. The van der Waals surface area contributed by atoms with Gasteiger partial charge in [-0.2, -0.15) is 0 Å². The molecule has 0 spiro atoms. The third-order valence-electron chi connectivity index (χ3n) is 3.45. The lowest BCUT2D eigenvalue weighted by atomic mass is 10.3. The maximum absolute atomic E-state index is 14.3. The monoisotopic (exact) mass is 377 g/mol. The molecule has 2 aromatic heterocycles. The summed E-state index contributed by atoms with van der Waals surface area (Å²) in [6.45, 7) is 2.56. The number of halogens is 1. The minimum atomic E-state index is -0.514. The number of hydrogen-bond acceptors (Lipinski definition) is 5. The van der Waals surface area contributed by atoms with E-state index in [4.69, 9.17) is 0 Å². The molecule has 0 saturated heterocycles. The molecule has 2 heterocycles. The molecule has 0 radical (unpaired) electrons. The molecular weight excluding hydrogens is 361 g/mol. The number of carbonyl (C=O) groups excluding carboxylic acids is 1. The molecule has 130 valence electrons. The molecule has 0 saturated carbocycles. The molecule has 1 N–H and O–H groups in total. The van der Waals surface area contributed by atoms with Gasteiger partial charge < -0.3 is 5.32 Å². The largest absolute Gasteiger partial charge is 0.355 e. The average molecular weight is 377 g/mol. The number of nitrogens with one attached hydrogen (secondary N) is 1. The summed E-state index contributed by atoms with van der Waals surface area (Å²) < 4.78 is 16.0. The summed E-state index contributed by atoms with van der Waals surface area (Å²) in [5.41, 5.74) is 0.354. The van der Waals surface area contributed by atoms with E-state index in [1.807, 2.05) is 6.92 Å². The van der Waals surface area contributed by atoms with Crippen molar-refractivity contribution in [3.63, 3.8) is 0 Å². The fourth-order valence-electron chi connectivity index (χ4n) is 2.28. The topological polar surface area (TPSA) is 64.0 Å². The van der Waals surface area contributed by atoms with Gasteiger partial charge in [-0.1, -0.05) is 30.8 Å². The first-order valence-corrected chi connectivity index (χ1v) is 9.63.